The molecule has 0 atom stereocenters. The summed E-state index contributed by atoms with van der Waals surface area (Å²) < 4.78 is 0. The Balaban J connectivity index is 2.35. The van der Waals surface area contributed by atoms with Crippen LogP contribution in [0.3, 0.4) is 0 Å². The van der Waals surface area contributed by atoms with E-state index >= 15 is 0 Å². The lowest BCUT2D eigenvalue weighted by Crippen LogP contribution is -2.00. The molecule has 0 aliphatic heterocycles. The van der Waals surface area contributed by atoms with E-state index in [1.54, 1.807) is 12.1 Å². The van der Waals surface area contributed by atoms with Gasteiger partial charge in [0.25, 0.3) is 0 Å². The number of fused-ring (bicyclic) bond motifs is 1. The highest BCUT2D eigenvalue weighted by Crippen LogP contribution is 2.18. The summed E-state index contributed by atoms with van der Waals surface area (Å²) in [6.45, 7) is 0. The Hall–Kier alpha value is -2.36. The van der Waals surface area contributed by atoms with E-state index in [-0.39, 0.29) is 12.8 Å². The third kappa shape index (κ3) is 2.85. The maximum Gasteiger partial charge on any atom is 0.307 e. The monoisotopic (exact) mass is 244 g/mol. The lowest BCUT2D eigenvalue weighted by molar-refractivity contribution is -0.137. The Bertz CT molecular complexity index is 561. The van der Waals surface area contributed by atoms with Crippen molar-refractivity contribution in [1.29, 1.82) is 0 Å². The predicted octanol–water partition coefficient (Wildman–Crippen LogP) is 2.09. The topological polar surface area (TPSA) is 74.6 Å². The van der Waals surface area contributed by atoms with Gasteiger partial charge in [0.15, 0.2) is 0 Å². The molecule has 4 nitrogen and oxygen atoms in total. The van der Waals surface area contributed by atoms with Gasteiger partial charge in [0, 0.05) is 0 Å². The van der Waals surface area contributed by atoms with Gasteiger partial charge >= 0.3 is 11.9 Å². The van der Waals surface area contributed by atoms with Crippen LogP contribution in [0.4, 0.5) is 0 Å². The highest BCUT2D eigenvalue weighted by molar-refractivity contribution is 5.85. The van der Waals surface area contributed by atoms with Crippen LogP contribution in [0.15, 0.2) is 36.4 Å². The number of benzene rings is 2. The molecule has 0 unspecified atom stereocenters. The van der Waals surface area contributed by atoms with Crippen molar-refractivity contribution in [2.24, 2.45) is 0 Å². The van der Waals surface area contributed by atoms with Gasteiger partial charge in [-0.3, -0.25) is 9.59 Å². The van der Waals surface area contributed by atoms with E-state index in [0.29, 0.717) is 0 Å². The molecule has 2 aromatic carbocycles. The molecule has 0 heterocycles. The molecule has 4 heteroatoms. The first-order valence-corrected chi connectivity index (χ1v) is 5.50. The molecule has 92 valence electrons. The Morgan fingerprint density at radius 2 is 1.17 bits per heavy atom. The standard InChI is InChI=1S/C14H12O4/c15-13(16)7-9-1-3-11-6-10(8-14(17)18)2-4-12(11)5-9/h1-6H,7-8H2,(H,15,16)(H,17,18). The number of hydrogen-bond donors (Lipinski definition) is 2. The number of carboxylic acid groups (broad SMARTS) is 2. The molecule has 0 radical (unpaired) electrons. The number of carboxylic acids is 2. The average Bonchev–Trinajstić information content (AvgIpc) is 2.27. The summed E-state index contributed by atoms with van der Waals surface area (Å²) in [7, 11) is 0. The number of carbonyl (C=O) groups is 2. The first kappa shape index (κ1) is 12.1. The van der Waals surface area contributed by atoms with Crippen LogP contribution >= 0.6 is 0 Å². The molecule has 0 fully saturated rings. The summed E-state index contributed by atoms with van der Waals surface area (Å²) >= 11 is 0. The maximum absolute atomic E-state index is 10.6. The second-order valence-corrected chi connectivity index (χ2v) is 4.16. The van der Waals surface area contributed by atoms with Crippen LogP contribution < -0.4 is 0 Å². The van der Waals surface area contributed by atoms with Crippen molar-refractivity contribution in [2.75, 3.05) is 0 Å². The second kappa shape index (κ2) is 4.87. The van der Waals surface area contributed by atoms with Gasteiger partial charge in [0.05, 0.1) is 12.8 Å². The fourth-order valence-corrected chi connectivity index (χ4v) is 1.91. The molecule has 2 rings (SSSR count). The second-order valence-electron chi connectivity index (χ2n) is 4.16. The van der Waals surface area contributed by atoms with E-state index in [4.69, 9.17) is 10.2 Å². The van der Waals surface area contributed by atoms with Gasteiger partial charge in [-0.2, -0.15) is 0 Å². The Morgan fingerprint density at radius 3 is 1.50 bits per heavy atom. The molecule has 0 saturated carbocycles. The lowest BCUT2D eigenvalue weighted by Gasteiger charge is -2.04. The minimum Gasteiger partial charge on any atom is -0.481 e. The smallest absolute Gasteiger partial charge is 0.307 e. The van der Waals surface area contributed by atoms with Crippen molar-refractivity contribution in [3.8, 4) is 0 Å². The molecule has 0 bridgehead atoms. The van der Waals surface area contributed by atoms with Crippen LogP contribution in [0, 0.1) is 0 Å². The van der Waals surface area contributed by atoms with E-state index in [0.717, 1.165) is 21.9 Å². The first-order chi connectivity index (χ1) is 8.54. The van der Waals surface area contributed by atoms with Crippen LogP contribution in [-0.2, 0) is 22.4 Å². The zero-order chi connectivity index (χ0) is 13.1. The first-order valence-electron chi connectivity index (χ1n) is 5.50. The van der Waals surface area contributed by atoms with Gasteiger partial charge < -0.3 is 10.2 Å². The van der Waals surface area contributed by atoms with Crippen molar-refractivity contribution >= 4 is 22.7 Å². The van der Waals surface area contributed by atoms with Gasteiger partial charge in [0.2, 0.25) is 0 Å². The highest BCUT2D eigenvalue weighted by atomic mass is 16.4. The normalized spacial score (nSPS) is 10.4. The minimum absolute atomic E-state index is 0.00713. The molecular formula is C14H12O4. The van der Waals surface area contributed by atoms with E-state index in [2.05, 4.69) is 0 Å². The summed E-state index contributed by atoms with van der Waals surface area (Å²) in [6.07, 6.45) is -0.0143. The predicted molar refractivity (Wildman–Crippen MR) is 66.6 cm³/mol. The molecule has 2 aromatic rings. The lowest BCUT2D eigenvalue weighted by atomic mass is 10.0. The molecular weight excluding hydrogens is 232 g/mol. The van der Waals surface area contributed by atoms with Crippen molar-refractivity contribution < 1.29 is 19.8 Å². The van der Waals surface area contributed by atoms with E-state index in [1.165, 1.54) is 0 Å². The van der Waals surface area contributed by atoms with Gasteiger partial charge in [-0.25, -0.2) is 0 Å². The van der Waals surface area contributed by atoms with Crippen molar-refractivity contribution in [2.45, 2.75) is 12.8 Å². The quantitative estimate of drug-likeness (QED) is 0.863. The molecule has 0 aliphatic carbocycles. The number of rotatable bonds is 4. The fraction of sp³-hybridized carbons (Fsp3) is 0.143. The summed E-state index contributed by atoms with van der Waals surface area (Å²) in [6, 6.07) is 10.8. The molecule has 0 aliphatic rings. The zero-order valence-electron chi connectivity index (χ0n) is 9.59. The largest absolute Gasteiger partial charge is 0.481 e. The Morgan fingerprint density at radius 1 is 0.778 bits per heavy atom. The van der Waals surface area contributed by atoms with Gasteiger partial charge in [-0.05, 0) is 21.9 Å². The third-order valence-corrected chi connectivity index (χ3v) is 2.68. The highest BCUT2D eigenvalue weighted by Gasteiger charge is 2.04. The summed E-state index contributed by atoms with van der Waals surface area (Å²) in [4.78, 5) is 21.2. The minimum atomic E-state index is -0.864. The summed E-state index contributed by atoms with van der Waals surface area (Å²) in [5.41, 5.74) is 1.47. The fourth-order valence-electron chi connectivity index (χ4n) is 1.91. The number of aliphatic carboxylic acids is 2. The van der Waals surface area contributed by atoms with Crippen LogP contribution in [0.2, 0.25) is 0 Å². The molecule has 18 heavy (non-hydrogen) atoms. The SMILES string of the molecule is O=C(O)Cc1ccc2cc(CC(=O)O)ccc2c1. The molecule has 0 saturated heterocycles. The third-order valence-electron chi connectivity index (χ3n) is 2.68. The van der Waals surface area contributed by atoms with Crippen LogP contribution in [-0.4, -0.2) is 22.2 Å². The van der Waals surface area contributed by atoms with Crippen molar-refractivity contribution in [1.82, 2.24) is 0 Å². The van der Waals surface area contributed by atoms with Crippen LogP contribution in [0.1, 0.15) is 11.1 Å². The maximum atomic E-state index is 10.6. The summed E-state index contributed by atoms with van der Waals surface area (Å²) in [5.74, 6) is -1.73. The van der Waals surface area contributed by atoms with Crippen LogP contribution in [0.25, 0.3) is 10.8 Å². The average molecular weight is 244 g/mol. The van der Waals surface area contributed by atoms with Crippen molar-refractivity contribution in [3.05, 3.63) is 47.5 Å². The van der Waals surface area contributed by atoms with Gasteiger partial charge in [-0.1, -0.05) is 36.4 Å². The Kier molecular flexibility index (Phi) is 3.28. The zero-order valence-corrected chi connectivity index (χ0v) is 9.59. The van der Waals surface area contributed by atoms with E-state index in [1.807, 2.05) is 24.3 Å². The molecule has 0 spiro atoms. The van der Waals surface area contributed by atoms with E-state index < -0.39 is 11.9 Å². The number of hydrogen-bond acceptors (Lipinski definition) is 2. The van der Waals surface area contributed by atoms with Gasteiger partial charge in [-0.15, -0.1) is 0 Å². The van der Waals surface area contributed by atoms with Gasteiger partial charge in [0.1, 0.15) is 0 Å². The van der Waals surface area contributed by atoms with Crippen molar-refractivity contribution in [3.63, 3.8) is 0 Å². The van der Waals surface area contributed by atoms with E-state index in [9.17, 15) is 9.59 Å². The Labute approximate surface area is 103 Å². The van der Waals surface area contributed by atoms with Crippen LogP contribution in [0.5, 0.6) is 0 Å². The molecule has 2 N–H and O–H groups in total. The summed E-state index contributed by atoms with van der Waals surface area (Å²) in [5, 5.41) is 19.3. The molecule has 0 amide bonds. The molecule has 0 aromatic heterocycles.